The number of nitrogens with one attached hydrogen (secondary N) is 2. The first-order valence-corrected chi connectivity index (χ1v) is 16.6. The van der Waals surface area contributed by atoms with Gasteiger partial charge in [-0.2, -0.15) is 10.1 Å². The van der Waals surface area contributed by atoms with Crippen molar-refractivity contribution in [1.82, 2.24) is 19.7 Å². The van der Waals surface area contributed by atoms with E-state index in [1.807, 2.05) is 29.9 Å². The molecule has 236 valence electrons. The number of hydrogen-bond acceptors (Lipinski definition) is 9. The number of aryl methyl sites for hydroxylation is 1. The van der Waals surface area contributed by atoms with Crippen molar-refractivity contribution in [1.29, 1.82) is 0 Å². The van der Waals surface area contributed by atoms with Gasteiger partial charge >= 0.3 is 0 Å². The molecule has 3 aliphatic heterocycles. The van der Waals surface area contributed by atoms with E-state index in [1.165, 1.54) is 12.8 Å². The first kappa shape index (κ1) is 28.5. The molecule has 2 aliphatic carbocycles. The first-order chi connectivity index (χ1) is 22.1. The second-order valence-corrected chi connectivity index (χ2v) is 13.1. The van der Waals surface area contributed by atoms with Gasteiger partial charge < -0.3 is 25.0 Å². The third-order valence-electron chi connectivity index (χ3n) is 9.64. The van der Waals surface area contributed by atoms with Crippen LogP contribution >= 0.6 is 0 Å². The number of amides is 1. The lowest BCUT2D eigenvalue weighted by atomic mass is 9.97. The van der Waals surface area contributed by atoms with E-state index in [0.717, 1.165) is 106 Å². The molecule has 0 radical (unpaired) electrons. The van der Waals surface area contributed by atoms with E-state index in [1.54, 1.807) is 0 Å². The minimum atomic E-state index is -0.291. The lowest BCUT2D eigenvalue weighted by Gasteiger charge is -2.26. The van der Waals surface area contributed by atoms with Crippen molar-refractivity contribution in [3.8, 4) is 17.1 Å². The van der Waals surface area contributed by atoms with Crippen LogP contribution in [0.2, 0.25) is 0 Å². The van der Waals surface area contributed by atoms with Gasteiger partial charge in [0.1, 0.15) is 0 Å². The molecule has 1 saturated heterocycles. The molecule has 1 aromatic carbocycles. The Morgan fingerprint density at radius 3 is 2.71 bits per heavy atom. The van der Waals surface area contributed by atoms with Crippen LogP contribution < -0.4 is 20.3 Å². The van der Waals surface area contributed by atoms with E-state index >= 15 is 0 Å². The summed E-state index contributed by atoms with van der Waals surface area (Å²) in [5, 5.41) is 11.8. The molecule has 3 fully saturated rings. The number of rotatable bonds is 6. The number of benzene rings is 1. The van der Waals surface area contributed by atoms with Crippen molar-refractivity contribution < 1.29 is 14.3 Å². The summed E-state index contributed by atoms with van der Waals surface area (Å²) in [6, 6.07) is 10.5. The lowest BCUT2D eigenvalue weighted by molar-refractivity contribution is 0.0398. The topological polar surface area (TPSA) is 109 Å². The zero-order valence-corrected chi connectivity index (χ0v) is 26.0. The normalized spacial score (nSPS) is 23.4. The molecule has 5 heterocycles. The van der Waals surface area contributed by atoms with Gasteiger partial charge in [0.15, 0.2) is 0 Å². The quantitative estimate of drug-likeness (QED) is 0.400. The van der Waals surface area contributed by atoms with E-state index in [0.29, 0.717) is 41.7 Å². The highest BCUT2D eigenvalue weighted by atomic mass is 16.5. The highest BCUT2D eigenvalue weighted by Gasteiger charge is 2.36. The average Bonchev–Trinajstić information content (AvgIpc) is 3.99. The van der Waals surface area contributed by atoms with Crippen molar-refractivity contribution in [2.45, 2.75) is 51.5 Å². The van der Waals surface area contributed by atoms with Gasteiger partial charge in [-0.25, -0.2) is 4.68 Å². The Kier molecular flexibility index (Phi) is 7.66. The number of ether oxygens (including phenoxy) is 2. The summed E-state index contributed by atoms with van der Waals surface area (Å²) in [5.74, 6) is 2.24. The zero-order chi connectivity index (χ0) is 30.3. The lowest BCUT2D eigenvalue weighted by Crippen LogP contribution is -2.39. The van der Waals surface area contributed by atoms with Gasteiger partial charge in [-0.05, 0) is 87.6 Å². The molecule has 0 spiro atoms. The summed E-state index contributed by atoms with van der Waals surface area (Å²) in [6.45, 7) is 8.76. The number of hydrogen-bond donors (Lipinski definition) is 2. The zero-order valence-electron chi connectivity index (χ0n) is 26.0. The van der Waals surface area contributed by atoms with E-state index in [2.05, 4.69) is 43.7 Å². The van der Waals surface area contributed by atoms with E-state index in [-0.39, 0.29) is 5.91 Å². The van der Waals surface area contributed by atoms with Crippen molar-refractivity contribution >= 4 is 28.9 Å². The maximum Gasteiger partial charge on any atom is 0.280 e. The van der Waals surface area contributed by atoms with Crippen molar-refractivity contribution in [2.75, 3.05) is 68.1 Å². The Labute approximate surface area is 264 Å². The number of aliphatic imine (C=N–C) groups is 1. The van der Waals surface area contributed by atoms with Crippen LogP contribution in [0.3, 0.4) is 0 Å². The van der Waals surface area contributed by atoms with Gasteiger partial charge in [0.25, 0.3) is 5.91 Å². The molecule has 5 aliphatic rings. The third kappa shape index (κ3) is 6.15. The second kappa shape index (κ2) is 12.1. The SMILES string of the molecule is Cc1cc2cc(n1)-c1cnn(C3CC3)c1OCCCC(C1CC1)CN1/C(=N/C2=O)Nc2cc(NCCN3CCOCC3)ccc21. The van der Waals surface area contributed by atoms with Gasteiger partial charge in [-0.15, -0.1) is 0 Å². The number of pyridine rings is 1. The molecule has 1 unspecified atom stereocenters. The Morgan fingerprint density at radius 2 is 1.89 bits per heavy atom. The summed E-state index contributed by atoms with van der Waals surface area (Å²) in [6.07, 6.45) is 8.58. The fraction of sp³-hybridized carbons (Fsp3) is 0.529. The third-order valence-corrected chi connectivity index (χ3v) is 9.64. The van der Waals surface area contributed by atoms with Crippen LogP contribution in [0.5, 0.6) is 5.88 Å². The van der Waals surface area contributed by atoms with Gasteiger partial charge in [-0.3, -0.25) is 14.7 Å². The summed E-state index contributed by atoms with van der Waals surface area (Å²) in [7, 11) is 0. The highest BCUT2D eigenvalue weighted by molar-refractivity contribution is 6.19. The Hall–Kier alpha value is -3.96. The summed E-state index contributed by atoms with van der Waals surface area (Å²) >= 11 is 0. The number of carbonyl (C=O) groups excluding carboxylic acids is 1. The van der Waals surface area contributed by atoms with E-state index < -0.39 is 0 Å². The largest absolute Gasteiger partial charge is 0.477 e. The number of guanidine groups is 1. The fourth-order valence-corrected chi connectivity index (χ4v) is 6.87. The first-order valence-electron chi connectivity index (χ1n) is 16.6. The minimum absolute atomic E-state index is 0.291. The average molecular weight is 611 g/mol. The van der Waals surface area contributed by atoms with Crippen LogP contribution in [-0.4, -0.2) is 84.1 Å². The number of nitrogens with zero attached hydrogens (tertiary/aromatic N) is 6. The van der Waals surface area contributed by atoms with Crippen molar-refractivity contribution in [3.05, 3.63) is 47.8 Å². The van der Waals surface area contributed by atoms with Crippen LogP contribution in [0.25, 0.3) is 11.3 Å². The predicted molar refractivity (Wildman–Crippen MR) is 174 cm³/mol. The van der Waals surface area contributed by atoms with E-state index in [9.17, 15) is 4.79 Å². The molecule has 1 amide bonds. The highest BCUT2D eigenvalue weighted by Crippen LogP contribution is 2.44. The van der Waals surface area contributed by atoms with Crippen LogP contribution in [-0.2, 0) is 4.74 Å². The fourth-order valence-electron chi connectivity index (χ4n) is 6.87. The molecule has 11 heteroatoms. The summed E-state index contributed by atoms with van der Waals surface area (Å²) in [5.41, 5.74) is 5.88. The second-order valence-electron chi connectivity index (χ2n) is 13.1. The number of aromatic nitrogens is 3. The predicted octanol–water partition coefficient (Wildman–Crippen LogP) is 4.96. The van der Waals surface area contributed by atoms with Gasteiger partial charge in [-0.1, -0.05) is 0 Å². The number of anilines is 3. The van der Waals surface area contributed by atoms with E-state index in [4.69, 9.17) is 19.5 Å². The maximum absolute atomic E-state index is 13.8. The molecule has 2 saturated carbocycles. The van der Waals surface area contributed by atoms with Gasteiger partial charge in [0.05, 0.1) is 54.7 Å². The molecule has 2 bridgehead atoms. The molecule has 8 rings (SSSR count). The van der Waals surface area contributed by atoms with Crippen LogP contribution in [0.1, 0.15) is 60.6 Å². The molecular weight excluding hydrogens is 568 g/mol. The standard InChI is InChI=1S/C34H42N8O3/c1-22-17-25-18-29(37-22)28-20-36-42(27-7-8-27)33(28)45-14-2-3-24(23-4-5-23)21-41-31-9-6-26(19-30(31)38-34(41)39-32(25)43)35-10-11-40-12-15-44-16-13-40/h6,9,17-20,23-24,27,35H,2-5,7-8,10-16,21H2,1H3,(H,38,39,43). The number of fused-ring (bicyclic) bond motifs is 7. The van der Waals surface area contributed by atoms with Gasteiger partial charge in [0.2, 0.25) is 11.8 Å². The van der Waals surface area contributed by atoms with Crippen LogP contribution in [0.15, 0.2) is 41.5 Å². The number of morpholine rings is 1. The smallest absolute Gasteiger partial charge is 0.280 e. The minimum Gasteiger partial charge on any atom is -0.477 e. The molecular formula is C34H42N8O3. The number of carbonyl (C=O) groups is 1. The van der Waals surface area contributed by atoms with Crippen LogP contribution in [0, 0.1) is 18.8 Å². The van der Waals surface area contributed by atoms with Crippen LogP contribution in [0.4, 0.5) is 17.1 Å². The summed E-state index contributed by atoms with van der Waals surface area (Å²) in [4.78, 5) is 28.0. The van der Waals surface area contributed by atoms with Gasteiger partial charge in [0, 0.05) is 49.7 Å². The Morgan fingerprint density at radius 1 is 1.02 bits per heavy atom. The Balaban J connectivity index is 1.10. The molecule has 11 nitrogen and oxygen atoms in total. The Bertz CT molecular complexity index is 1600. The molecule has 2 aromatic heterocycles. The molecule has 1 atom stereocenters. The monoisotopic (exact) mass is 610 g/mol. The maximum atomic E-state index is 13.8. The molecule has 3 aromatic rings. The molecule has 2 N–H and O–H groups in total. The summed E-state index contributed by atoms with van der Waals surface area (Å²) < 4.78 is 14.0. The van der Waals surface area contributed by atoms with Crippen molar-refractivity contribution in [2.24, 2.45) is 16.8 Å². The van der Waals surface area contributed by atoms with Crippen molar-refractivity contribution in [3.63, 3.8) is 0 Å². The molecule has 45 heavy (non-hydrogen) atoms.